The molecule has 2 N–H and O–H groups in total. The number of para-hydroxylation sites is 1. The Kier molecular flexibility index (Phi) is 5.73. The molecule has 0 saturated carbocycles. The fourth-order valence-electron chi connectivity index (χ4n) is 3.83. The van der Waals surface area contributed by atoms with Crippen LogP contribution in [-0.2, 0) is 17.9 Å². The zero-order valence-electron chi connectivity index (χ0n) is 16.8. The summed E-state index contributed by atoms with van der Waals surface area (Å²) in [6, 6.07) is 12.7. The van der Waals surface area contributed by atoms with Gasteiger partial charge in [-0.25, -0.2) is 9.97 Å². The Morgan fingerprint density at radius 1 is 1.13 bits per heavy atom. The number of nitrogen functional groups attached to an aromatic ring is 1. The molecule has 1 fully saturated rings. The summed E-state index contributed by atoms with van der Waals surface area (Å²) in [6.07, 6.45) is 0. The summed E-state index contributed by atoms with van der Waals surface area (Å²) in [5.41, 5.74) is 8.84. The van der Waals surface area contributed by atoms with Gasteiger partial charge in [-0.1, -0.05) is 12.1 Å². The lowest BCUT2D eigenvalue weighted by atomic mass is 10.1. The highest BCUT2D eigenvalue weighted by Gasteiger charge is 2.22. The van der Waals surface area contributed by atoms with E-state index in [-0.39, 0.29) is 10.6 Å². The number of nitrogens with zero attached hydrogens (tertiary/aromatic N) is 5. The van der Waals surface area contributed by atoms with Crippen LogP contribution in [0.25, 0.3) is 10.9 Å². The van der Waals surface area contributed by atoms with Crippen LogP contribution in [-0.4, -0.2) is 53.1 Å². The molecule has 9 heteroatoms. The molecule has 9 nitrogen and oxygen atoms in total. The van der Waals surface area contributed by atoms with Crippen molar-refractivity contribution in [2.24, 2.45) is 0 Å². The van der Waals surface area contributed by atoms with Crippen LogP contribution in [0.4, 0.5) is 17.2 Å². The van der Waals surface area contributed by atoms with Crippen molar-refractivity contribution < 1.29 is 9.66 Å². The number of nitro groups is 1. The summed E-state index contributed by atoms with van der Waals surface area (Å²) in [7, 11) is 1.59. The van der Waals surface area contributed by atoms with E-state index in [1.807, 2.05) is 30.3 Å². The molecule has 1 aliphatic heterocycles. The van der Waals surface area contributed by atoms with Crippen LogP contribution < -0.4 is 10.6 Å². The zero-order chi connectivity index (χ0) is 21.1. The molecule has 30 heavy (non-hydrogen) atoms. The Morgan fingerprint density at radius 2 is 1.90 bits per heavy atom. The van der Waals surface area contributed by atoms with Crippen molar-refractivity contribution in [2.75, 3.05) is 43.9 Å². The Bertz CT molecular complexity index is 1070. The number of non-ortho nitro benzene ring substituents is 1. The van der Waals surface area contributed by atoms with E-state index in [4.69, 9.17) is 10.5 Å². The molecule has 1 aliphatic rings. The quantitative estimate of drug-likeness (QED) is 0.489. The van der Waals surface area contributed by atoms with Crippen molar-refractivity contribution in [3.05, 3.63) is 64.0 Å². The third kappa shape index (κ3) is 4.17. The first-order valence-electron chi connectivity index (χ1n) is 9.80. The van der Waals surface area contributed by atoms with E-state index >= 15 is 0 Å². The van der Waals surface area contributed by atoms with Gasteiger partial charge >= 0.3 is 0 Å². The molecule has 1 aromatic heterocycles. The first kappa shape index (κ1) is 20.0. The van der Waals surface area contributed by atoms with Crippen molar-refractivity contribution in [1.29, 1.82) is 0 Å². The third-order valence-electron chi connectivity index (χ3n) is 5.33. The Hall–Kier alpha value is -3.30. The topological polar surface area (TPSA) is 111 Å². The van der Waals surface area contributed by atoms with E-state index in [0.717, 1.165) is 54.2 Å². The third-order valence-corrected chi connectivity index (χ3v) is 5.33. The molecule has 0 radical (unpaired) electrons. The van der Waals surface area contributed by atoms with E-state index in [9.17, 15) is 10.1 Å². The first-order valence-corrected chi connectivity index (χ1v) is 9.80. The van der Waals surface area contributed by atoms with Crippen molar-refractivity contribution in [2.45, 2.75) is 13.2 Å². The lowest BCUT2D eigenvalue weighted by Gasteiger charge is -2.36. The lowest BCUT2D eigenvalue weighted by Crippen LogP contribution is -2.46. The van der Waals surface area contributed by atoms with Crippen molar-refractivity contribution in [3.63, 3.8) is 0 Å². The zero-order valence-corrected chi connectivity index (χ0v) is 16.8. The average molecular weight is 408 g/mol. The molecule has 2 heterocycles. The minimum absolute atomic E-state index is 0.0791. The van der Waals surface area contributed by atoms with Crippen LogP contribution in [0.5, 0.6) is 0 Å². The SMILES string of the molecule is COCc1cc([N+](=O)[O-])ccc1N1CCN(Cc2nc(N)c3ccccc3n2)CC1. The number of hydrogen-bond acceptors (Lipinski definition) is 8. The molecular formula is C21H24N6O3. The van der Waals surface area contributed by atoms with Crippen LogP contribution in [0, 0.1) is 10.1 Å². The summed E-state index contributed by atoms with van der Waals surface area (Å²) in [6.45, 7) is 4.24. The largest absolute Gasteiger partial charge is 0.383 e. The molecule has 0 spiro atoms. The van der Waals surface area contributed by atoms with Gasteiger partial charge in [0.2, 0.25) is 0 Å². The second-order valence-electron chi connectivity index (χ2n) is 7.31. The van der Waals surface area contributed by atoms with Gasteiger partial charge in [0, 0.05) is 62.1 Å². The van der Waals surface area contributed by atoms with E-state index in [2.05, 4.69) is 19.8 Å². The predicted molar refractivity (Wildman–Crippen MR) is 115 cm³/mol. The number of fused-ring (bicyclic) bond motifs is 1. The number of methoxy groups -OCH3 is 1. The minimum Gasteiger partial charge on any atom is -0.383 e. The number of rotatable bonds is 6. The van der Waals surface area contributed by atoms with Gasteiger partial charge in [-0.15, -0.1) is 0 Å². The molecule has 2 aromatic carbocycles. The highest BCUT2D eigenvalue weighted by Crippen LogP contribution is 2.27. The molecule has 0 aliphatic carbocycles. The highest BCUT2D eigenvalue weighted by molar-refractivity contribution is 5.87. The summed E-state index contributed by atoms with van der Waals surface area (Å²) >= 11 is 0. The minimum atomic E-state index is -0.379. The second kappa shape index (κ2) is 8.60. The fourth-order valence-corrected chi connectivity index (χ4v) is 3.83. The van der Waals surface area contributed by atoms with Gasteiger partial charge in [0.25, 0.3) is 5.69 Å². The molecule has 0 atom stereocenters. The van der Waals surface area contributed by atoms with E-state index < -0.39 is 0 Å². The van der Waals surface area contributed by atoms with Gasteiger partial charge < -0.3 is 15.4 Å². The number of nitro benzene ring substituents is 1. The smallest absolute Gasteiger partial charge is 0.269 e. The predicted octanol–water partition coefficient (Wildman–Crippen LogP) is 2.59. The number of hydrogen-bond donors (Lipinski definition) is 1. The number of anilines is 2. The molecule has 0 amide bonds. The molecule has 156 valence electrons. The monoisotopic (exact) mass is 408 g/mol. The number of benzene rings is 2. The summed E-state index contributed by atoms with van der Waals surface area (Å²) < 4.78 is 5.25. The maximum absolute atomic E-state index is 11.1. The van der Waals surface area contributed by atoms with Gasteiger partial charge in [0.1, 0.15) is 11.6 Å². The highest BCUT2D eigenvalue weighted by atomic mass is 16.6. The Balaban J connectivity index is 1.45. The standard InChI is InChI=1S/C21H24N6O3/c1-30-14-15-12-16(27(28)29)6-7-19(15)26-10-8-25(9-11-26)13-20-23-18-5-3-2-4-17(18)21(22)24-20/h2-7,12H,8-11,13-14H2,1H3,(H2,22,23,24). The van der Waals surface area contributed by atoms with Crippen LogP contribution in [0.2, 0.25) is 0 Å². The van der Waals surface area contributed by atoms with Crippen LogP contribution >= 0.6 is 0 Å². The first-order chi connectivity index (χ1) is 14.5. The summed E-state index contributed by atoms with van der Waals surface area (Å²) in [5, 5.41) is 12.0. The molecule has 0 unspecified atom stereocenters. The number of piperazine rings is 1. The van der Waals surface area contributed by atoms with Crippen LogP contribution in [0.3, 0.4) is 0 Å². The van der Waals surface area contributed by atoms with E-state index in [1.54, 1.807) is 19.2 Å². The maximum atomic E-state index is 11.1. The van der Waals surface area contributed by atoms with Gasteiger partial charge in [-0.2, -0.15) is 0 Å². The molecule has 4 rings (SSSR count). The van der Waals surface area contributed by atoms with Gasteiger partial charge in [-0.3, -0.25) is 15.0 Å². The maximum Gasteiger partial charge on any atom is 0.269 e. The molecular weight excluding hydrogens is 384 g/mol. The van der Waals surface area contributed by atoms with Crippen LogP contribution in [0.15, 0.2) is 42.5 Å². The summed E-state index contributed by atoms with van der Waals surface area (Å²) in [4.78, 5) is 24.4. The van der Waals surface area contributed by atoms with Gasteiger partial charge in [0.15, 0.2) is 0 Å². The van der Waals surface area contributed by atoms with Gasteiger partial charge in [-0.05, 0) is 18.2 Å². The Labute approximate surface area is 174 Å². The van der Waals surface area contributed by atoms with Crippen LogP contribution in [0.1, 0.15) is 11.4 Å². The molecule has 3 aromatic rings. The lowest BCUT2D eigenvalue weighted by molar-refractivity contribution is -0.384. The van der Waals surface area contributed by atoms with E-state index in [0.29, 0.717) is 19.0 Å². The van der Waals surface area contributed by atoms with Crippen molar-refractivity contribution in [1.82, 2.24) is 14.9 Å². The van der Waals surface area contributed by atoms with Crippen molar-refractivity contribution >= 4 is 28.1 Å². The average Bonchev–Trinajstić information content (AvgIpc) is 2.75. The summed E-state index contributed by atoms with van der Waals surface area (Å²) in [5.74, 6) is 1.22. The Morgan fingerprint density at radius 3 is 2.63 bits per heavy atom. The molecule has 0 bridgehead atoms. The number of ether oxygens (including phenoxy) is 1. The fraction of sp³-hybridized carbons (Fsp3) is 0.333. The number of nitrogens with two attached hydrogens (primary N) is 1. The normalized spacial score (nSPS) is 14.9. The van der Waals surface area contributed by atoms with Gasteiger partial charge in [0.05, 0.1) is 23.6 Å². The second-order valence-corrected chi connectivity index (χ2v) is 7.31. The molecule has 1 saturated heterocycles. The number of aromatic nitrogens is 2. The van der Waals surface area contributed by atoms with E-state index in [1.165, 1.54) is 0 Å². The van der Waals surface area contributed by atoms with Crippen molar-refractivity contribution in [3.8, 4) is 0 Å².